The van der Waals surface area contributed by atoms with Crippen molar-refractivity contribution in [3.8, 4) is 0 Å². The van der Waals surface area contributed by atoms with E-state index in [0.29, 0.717) is 30.5 Å². The molecular formula is C14H18F4N2O. The third-order valence-electron chi connectivity index (χ3n) is 2.84. The van der Waals surface area contributed by atoms with Crippen molar-refractivity contribution in [2.24, 2.45) is 11.7 Å². The van der Waals surface area contributed by atoms with E-state index in [2.05, 4.69) is 5.32 Å². The van der Waals surface area contributed by atoms with Crippen molar-refractivity contribution in [1.82, 2.24) is 5.32 Å². The molecule has 0 radical (unpaired) electrons. The topological polar surface area (TPSA) is 55.1 Å². The Balaban J connectivity index is 2.78. The Kier molecular flexibility index (Phi) is 5.71. The average molecular weight is 306 g/mol. The molecule has 0 spiro atoms. The lowest BCUT2D eigenvalue weighted by molar-refractivity contribution is -0.137. The van der Waals surface area contributed by atoms with Crippen molar-refractivity contribution in [3.63, 3.8) is 0 Å². The molecule has 1 aromatic rings. The third-order valence-corrected chi connectivity index (χ3v) is 2.84. The molecule has 0 aliphatic carbocycles. The monoisotopic (exact) mass is 306 g/mol. The van der Waals surface area contributed by atoms with Gasteiger partial charge in [-0.05, 0) is 30.5 Å². The molecule has 1 atom stereocenters. The van der Waals surface area contributed by atoms with Gasteiger partial charge in [-0.1, -0.05) is 13.8 Å². The van der Waals surface area contributed by atoms with Gasteiger partial charge in [0.1, 0.15) is 5.82 Å². The number of nitrogens with one attached hydrogen (secondary N) is 1. The molecule has 0 fully saturated rings. The van der Waals surface area contributed by atoms with E-state index in [4.69, 9.17) is 5.73 Å². The highest BCUT2D eigenvalue weighted by Gasteiger charge is 2.31. The largest absolute Gasteiger partial charge is 0.416 e. The van der Waals surface area contributed by atoms with Crippen LogP contribution >= 0.6 is 0 Å². The summed E-state index contributed by atoms with van der Waals surface area (Å²) in [7, 11) is 0. The average Bonchev–Trinajstić information content (AvgIpc) is 2.34. The van der Waals surface area contributed by atoms with Gasteiger partial charge in [0.05, 0.1) is 11.1 Å². The van der Waals surface area contributed by atoms with E-state index in [-0.39, 0.29) is 12.6 Å². The van der Waals surface area contributed by atoms with E-state index in [0.717, 1.165) is 0 Å². The highest BCUT2D eigenvalue weighted by Crippen LogP contribution is 2.30. The molecule has 1 unspecified atom stereocenters. The van der Waals surface area contributed by atoms with Crippen LogP contribution < -0.4 is 11.1 Å². The number of halogens is 4. The Hall–Kier alpha value is -1.63. The van der Waals surface area contributed by atoms with E-state index < -0.39 is 29.0 Å². The third kappa shape index (κ3) is 5.34. The lowest BCUT2D eigenvalue weighted by Gasteiger charge is -2.15. The first-order valence-corrected chi connectivity index (χ1v) is 6.51. The number of hydrogen-bond donors (Lipinski definition) is 2. The summed E-state index contributed by atoms with van der Waals surface area (Å²) in [4.78, 5) is 11.8. The summed E-state index contributed by atoms with van der Waals surface area (Å²) in [6.45, 7) is 3.98. The Bertz CT molecular complexity index is 500. The van der Waals surface area contributed by atoms with E-state index in [1.54, 1.807) is 0 Å². The molecule has 7 heteroatoms. The molecule has 1 rings (SSSR count). The summed E-state index contributed by atoms with van der Waals surface area (Å²) in [5, 5.41) is 2.35. The fourth-order valence-corrected chi connectivity index (χ4v) is 1.88. The second-order valence-corrected chi connectivity index (χ2v) is 5.29. The van der Waals surface area contributed by atoms with E-state index in [9.17, 15) is 22.4 Å². The normalized spacial score (nSPS) is 13.3. The van der Waals surface area contributed by atoms with Crippen LogP contribution in [-0.2, 0) is 6.18 Å². The van der Waals surface area contributed by atoms with Crippen LogP contribution in [0.15, 0.2) is 18.2 Å². The van der Waals surface area contributed by atoms with Gasteiger partial charge in [0.25, 0.3) is 5.91 Å². The van der Waals surface area contributed by atoms with E-state index in [1.807, 2.05) is 13.8 Å². The lowest BCUT2D eigenvalue weighted by atomic mass is 10.0. The number of nitrogens with two attached hydrogens (primary N) is 1. The molecule has 1 amide bonds. The Morgan fingerprint density at radius 2 is 1.95 bits per heavy atom. The Morgan fingerprint density at radius 1 is 1.33 bits per heavy atom. The number of carbonyl (C=O) groups is 1. The van der Waals surface area contributed by atoms with Gasteiger partial charge >= 0.3 is 6.18 Å². The predicted octanol–water partition coefficient (Wildman–Crippen LogP) is 2.95. The molecule has 0 aromatic heterocycles. The van der Waals surface area contributed by atoms with Gasteiger partial charge < -0.3 is 11.1 Å². The van der Waals surface area contributed by atoms with Crippen LogP contribution in [0, 0.1) is 11.7 Å². The lowest BCUT2D eigenvalue weighted by Crippen LogP contribution is -2.38. The zero-order valence-corrected chi connectivity index (χ0v) is 11.8. The van der Waals surface area contributed by atoms with Gasteiger partial charge in [-0.15, -0.1) is 0 Å². The van der Waals surface area contributed by atoms with Gasteiger partial charge in [-0.25, -0.2) is 4.39 Å². The fraction of sp³-hybridized carbons (Fsp3) is 0.500. The maximum absolute atomic E-state index is 13.5. The van der Waals surface area contributed by atoms with Crippen molar-refractivity contribution < 1.29 is 22.4 Å². The summed E-state index contributed by atoms with van der Waals surface area (Å²) < 4.78 is 51.1. The minimum absolute atomic E-state index is 0.0761. The molecule has 118 valence electrons. The molecule has 0 aliphatic rings. The predicted molar refractivity (Wildman–Crippen MR) is 71.2 cm³/mol. The number of benzene rings is 1. The second kappa shape index (κ2) is 6.89. The molecule has 0 aliphatic heterocycles. The number of alkyl halides is 3. The minimum Gasteiger partial charge on any atom is -0.350 e. The van der Waals surface area contributed by atoms with Crippen molar-refractivity contribution in [2.75, 3.05) is 6.54 Å². The van der Waals surface area contributed by atoms with Gasteiger partial charge in [-0.2, -0.15) is 13.2 Å². The molecule has 3 N–H and O–H groups in total. The van der Waals surface area contributed by atoms with Gasteiger partial charge in [-0.3, -0.25) is 4.79 Å². The first-order valence-electron chi connectivity index (χ1n) is 6.51. The number of carbonyl (C=O) groups excluding carboxylic acids is 1. The molecule has 3 nitrogen and oxygen atoms in total. The Morgan fingerprint density at radius 3 is 2.48 bits per heavy atom. The molecule has 21 heavy (non-hydrogen) atoms. The molecule has 1 aromatic carbocycles. The van der Waals surface area contributed by atoms with Gasteiger partial charge in [0.2, 0.25) is 0 Å². The number of hydrogen-bond acceptors (Lipinski definition) is 2. The van der Waals surface area contributed by atoms with Crippen LogP contribution in [0.25, 0.3) is 0 Å². The van der Waals surface area contributed by atoms with Crippen molar-refractivity contribution in [3.05, 3.63) is 35.1 Å². The van der Waals surface area contributed by atoms with Crippen LogP contribution in [0.4, 0.5) is 17.6 Å². The molecule has 0 saturated carbocycles. The van der Waals surface area contributed by atoms with Crippen LogP contribution in [0.3, 0.4) is 0 Å². The zero-order chi connectivity index (χ0) is 16.2. The molecular weight excluding hydrogens is 288 g/mol. The highest BCUT2D eigenvalue weighted by molar-refractivity contribution is 5.94. The molecule has 0 saturated heterocycles. The van der Waals surface area contributed by atoms with E-state index >= 15 is 0 Å². The van der Waals surface area contributed by atoms with Crippen molar-refractivity contribution in [2.45, 2.75) is 32.5 Å². The van der Waals surface area contributed by atoms with Crippen LogP contribution in [-0.4, -0.2) is 18.5 Å². The molecule has 0 heterocycles. The van der Waals surface area contributed by atoms with Gasteiger partial charge in [0.15, 0.2) is 0 Å². The highest BCUT2D eigenvalue weighted by atomic mass is 19.4. The van der Waals surface area contributed by atoms with Crippen molar-refractivity contribution >= 4 is 5.91 Å². The second-order valence-electron chi connectivity index (χ2n) is 5.29. The van der Waals surface area contributed by atoms with Crippen molar-refractivity contribution in [1.29, 1.82) is 0 Å². The first kappa shape index (κ1) is 17.4. The first-order chi connectivity index (χ1) is 9.61. The summed E-state index contributed by atoms with van der Waals surface area (Å²) in [5.41, 5.74) is 4.04. The number of rotatable bonds is 5. The minimum atomic E-state index is -4.63. The van der Waals surface area contributed by atoms with E-state index in [1.165, 1.54) is 0 Å². The van der Waals surface area contributed by atoms with Gasteiger partial charge in [0, 0.05) is 12.6 Å². The summed E-state index contributed by atoms with van der Waals surface area (Å²) in [5.74, 6) is -1.59. The molecule has 0 bridgehead atoms. The number of amides is 1. The Labute approximate surface area is 120 Å². The summed E-state index contributed by atoms with van der Waals surface area (Å²) >= 11 is 0. The standard InChI is InChI=1S/C14H18F4N2O/c1-8(2)5-10(19)7-20-13(21)11-6-9(14(16,17)18)3-4-12(11)15/h3-4,6,8,10H,5,7,19H2,1-2H3,(H,20,21). The summed E-state index contributed by atoms with van der Waals surface area (Å²) in [6, 6.07) is 1.39. The maximum atomic E-state index is 13.5. The zero-order valence-electron chi connectivity index (χ0n) is 11.8. The smallest absolute Gasteiger partial charge is 0.350 e. The quantitative estimate of drug-likeness (QED) is 0.822. The SMILES string of the molecule is CC(C)CC(N)CNC(=O)c1cc(C(F)(F)F)ccc1F. The van der Waals surface area contributed by atoms with Crippen LogP contribution in [0.2, 0.25) is 0 Å². The van der Waals surface area contributed by atoms with Crippen LogP contribution in [0.1, 0.15) is 36.2 Å². The fourth-order valence-electron chi connectivity index (χ4n) is 1.88. The maximum Gasteiger partial charge on any atom is 0.416 e. The summed E-state index contributed by atoms with van der Waals surface area (Å²) in [6.07, 6.45) is -3.98. The van der Waals surface area contributed by atoms with Crippen LogP contribution in [0.5, 0.6) is 0 Å².